The van der Waals surface area contributed by atoms with E-state index >= 15 is 4.39 Å². The number of hydrogen-bond acceptors (Lipinski definition) is 7. The number of amides is 1. The summed E-state index contributed by atoms with van der Waals surface area (Å²) < 4.78 is 37.8. The third kappa shape index (κ3) is 4.71. The fourth-order valence-electron chi connectivity index (χ4n) is 7.15. The maximum atomic E-state index is 16.5. The van der Waals surface area contributed by atoms with Crippen molar-refractivity contribution in [1.82, 2.24) is 25.2 Å². The predicted octanol–water partition coefficient (Wildman–Crippen LogP) is 5.09. The van der Waals surface area contributed by atoms with Crippen LogP contribution >= 0.6 is 0 Å². The zero-order valence-corrected chi connectivity index (χ0v) is 23.7. The van der Waals surface area contributed by atoms with E-state index in [2.05, 4.69) is 25.1 Å². The van der Waals surface area contributed by atoms with Crippen molar-refractivity contribution in [2.75, 3.05) is 44.2 Å². The Bertz CT molecular complexity index is 1670. The number of halogens is 2. The monoisotopic (exact) mass is 572 g/mol. The van der Waals surface area contributed by atoms with Gasteiger partial charge in [-0.15, -0.1) is 0 Å². The van der Waals surface area contributed by atoms with E-state index in [1.54, 1.807) is 36.5 Å². The van der Waals surface area contributed by atoms with Gasteiger partial charge >= 0.3 is 6.01 Å². The molecule has 3 aliphatic rings. The molecule has 1 N–H and O–H groups in total. The smallest absolute Gasteiger partial charge is 0.319 e. The molecule has 10 heteroatoms. The van der Waals surface area contributed by atoms with Crippen LogP contribution in [0.1, 0.15) is 39.0 Å². The van der Waals surface area contributed by atoms with Gasteiger partial charge in [-0.25, -0.2) is 8.78 Å². The van der Waals surface area contributed by atoms with Crippen molar-refractivity contribution in [3.63, 3.8) is 0 Å². The van der Waals surface area contributed by atoms with Crippen LogP contribution in [0.2, 0.25) is 0 Å². The molecule has 0 spiro atoms. The average Bonchev–Trinajstić information content (AvgIpc) is 3.71. The molecule has 8 nitrogen and oxygen atoms in total. The first-order valence-electron chi connectivity index (χ1n) is 14.8. The molecule has 1 atom stereocenters. The third-order valence-corrected chi connectivity index (χ3v) is 9.26. The summed E-state index contributed by atoms with van der Waals surface area (Å²) in [6, 6.07) is 10.2. The number of hydrogen-bond donors (Lipinski definition) is 1. The van der Waals surface area contributed by atoms with E-state index in [4.69, 9.17) is 9.72 Å². The van der Waals surface area contributed by atoms with Crippen LogP contribution in [0.5, 0.6) is 6.01 Å². The summed E-state index contributed by atoms with van der Waals surface area (Å²) in [6.45, 7) is 6.03. The minimum Gasteiger partial charge on any atom is -0.461 e. The van der Waals surface area contributed by atoms with Crippen molar-refractivity contribution in [1.29, 1.82) is 0 Å². The molecular weight excluding hydrogens is 538 g/mol. The fraction of sp³-hybridized carbons (Fsp3) is 0.438. The quantitative estimate of drug-likeness (QED) is 0.330. The van der Waals surface area contributed by atoms with Crippen molar-refractivity contribution in [3.05, 3.63) is 54.2 Å². The highest BCUT2D eigenvalue weighted by atomic mass is 19.1. The molecular formula is C32H34F2N6O2. The second-order valence-corrected chi connectivity index (χ2v) is 11.9. The molecule has 3 aliphatic heterocycles. The van der Waals surface area contributed by atoms with Crippen molar-refractivity contribution < 1.29 is 18.3 Å². The Hall–Kier alpha value is -3.92. The molecule has 0 radical (unpaired) electrons. The summed E-state index contributed by atoms with van der Waals surface area (Å²) in [5.74, 6) is -0.325. The highest BCUT2D eigenvalue weighted by Gasteiger charge is 2.45. The van der Waals surface area contributed by atoms with Crippen LogP contribution in [0, 0.1) is 17.6 Å². The van der Waals surface area contributed by atoms with Crippen LogP contribution in [-0.2, 0) is 4.79 Å². The summed E-state index contributed by atoms with van der Waals surface area (Å²) in [7, 11) is 0. The van der Waals surface area contributed by atoms with E-state index in [0.717, 1.165) is 45.2 Å². The van der Waals surface area contributed by atoms with Gasteiger partial charge < -0.3 is 15.0 Å². The molecule has 2 aromatic carbocycles. The van der Waals surface area contributed by atoms with Crippen LogP contribution in [0.25, 0.3) is 32.9 Å². The molecule has 3 fully saturated rings. The topological polar surface area (TPSA) is 83.5 Å². The van der Waals surface area contributed by atoms with Gasteiger partial charge in [0, 0.05) is 43.7 Å². The van der Waals surface area contributed by atoms with Gasteiger partial charge in [0.15, 0.2) is 5.82 Å². The van der Waals surface area contributed by atoms with E-state index in [9.17, 15) is 9.18 Å². The Morgan fingerprint density at radius 3 is 2.67 bits per heavy atom. The van der Waals surface area contributed by atoms with Crippen LogP contribution < -0.4 is 15.0 Å². The Kier molecular flexibility index (Phi) is 6.88. The maximum Gasteiger partial charge on any atom is 0.319 e. The van der Waals surface area contributed by atoms with Crippen molar-refractivity contribution >= 4 is 33.4 Å². The normalized spacial score (nSPS) is 20.0. The van der Waals surface area contributed by atoms with E-state index in [1.165, 1.54) is 13.0 Å². The lowest BCUT2D eigenvalue weighted by molar-refractivity contribution is -0.119. The van der Waals surface area contributed by atoms with Crippen LogP contribution in [0.3, 0.4) is 0 Å². The molecule has 3 saturated heterocycles. The van der Waals surface area contributed by atoms with Crippen molar-refractivity contribution in [2.24, 2.45) is 5.92 Å². The number of benzene rings is 2. The molecule has 0 saturated carbocycles. The molecule has 5 heterocycles. The average molecular weight is 573 g/mol. The summed E-state index contributed by atoms with van der Waals surface area (Å²) in [6.07, 6.45) is 6.87. The number of ether oxygens (including phenoxy) is 1. The summed E-state index contributed by atoms with van der Waals surface area (Å²) in [4.78, 5) is 30.0. The Morgan fingerprint density at radius 2 is 1.88 bits per heavy atom. The Morgan fingerprint density at radius 1 is 1.10 bits per heavy atom. The first kappa shape index (κ1) is 26.9. The highest BCUT2D eigenvalue weighted by molar-refractivity contribution is 5.99. The van der Waals surface area contributed by atoms with Crippen LogP contribution in [0.15, 0.2) is 42.6 Å². The number of carbonyl (C=O) groups is 1. The first-order valence-corrected chi connectivity index (χ1v) is 14.8. The van der Waals surface area contributed by atoms with E-state index in [0.29, 0.717) is 53.8 Å². The van der Waals surface area contributed by atoms with Gasteiger partial charge in [-0.2, -0.15) is 9.97 Å². The Balaban J connectivity index is 1.30. The maximum absolute atomic E-state index is 16.5. The molecule has 218 valence electrons. The highest BCUT2D eigenvalue weighted by Crippen LogP contribution is 2.40. The minimum absolute atomic E-state index is 0.0159. The molecule has 1 amide bonds. The Labute approximate surface area is 243 Å². The number of nitrogens with zero attached hydrogens (tertiary/aromatic N) is 5. The minimum atomic E-state index is -0.632. The third-order valence-electron chi connectivity index (χ3n) is 9.26. The largest absolute Gasteiger partial charge is 0.461 e. The van der Waals surface area contributed by atoms with Gasteiger partial charge in [0.05, 0.1) is 10.9 Å². The number of anilines is 1. The lowest BCUT2D eigenvalue weighted by Crippen LogP contribution is -2.43. The number of pyridine rings is 1. The molecule has 42 heavy (non-hydrogen) atoms. The van der Waals surface area contributed by atoms with Crippen molar-refractivity contribution in [2.45, 2.75) is 44.6 Å². The zero-order valence-electron chi connectivity index (χ0n) is 23.7. The summed E-state index contributed by atoms with van der Waals surface area (Å²) >= 11 is 0. The van der Waals surface area contributed by atoms with E-state index < -0.39 is 11.6 Å². The second-order valence-electron chi connectivity index (χ2n) is 11.9. The van der Waals surface area contributed by atoms with Gasteiger partial charge in [0.1, 0.15) is 29.5 Å². The molecule has 1 unspecified atom stereocenters. The molecule has 2 aromatic heterocycles. The lowest BCUT2D eigenvalue weighted by atomic mass is 9.95. The summed E-state index contributed by atoms with van der Waals surface area (Å²) in [5, 5.41) is 4.37. The molecule has 7 rings (SSSR count). The lowest BCUT2D eigenvalue weighted by Gasteiger charge is -2.31. The molecule has 0 aliphatic carbocycles. The number of fused-ring (bicyclic) bond motifs is 3. The van der Waals surface area contributed by atoms with Crippen molar-refractivity contribution in [3.8, 4) is 17.3 Å². The fourth-order valence-corrected chi connectivity index (χ4v) is 7.15. The van der Waals surface area contributed by atoms with E-state index in [-0.39, 0.29) is 34.6 Å². The second kappa shape index (κ2) is 10.7. The van der Waals surface area contributed by atoms with Gasteiger partial charge in [0.2, 0.25) is 5.91 Å². The van der Waals surface area contributed by atoms with Crippen LogP contribution in [0.4, 0.5) is 14.6 Å². The molecule has 4 aromatic rings. The predicted molar refractivity (Wildman–Crippen MR) is 157 cm³/mol. The standard InChI is InChI=1S/C32H34F2N6O2/c1-20(41)35-16-21-10-15-39(18-21)30-24-17-36-28(23-8-2-6-22-7-3-9-25(33)26(22)23)27(34)29(24)37-31(38-30)42-19-32-11-4-13-40(32)14-5-12-32/h2-3,6-9,17,21H,4-5,10-16,18-19H2,1H3,(H,35,41). The van der Waals surface area contributed by atoms with Gasteiger partial charge in [0.25, 0.3) is 0 Å². The number of rotatable bonds is 7. The number of carbonyl (C=O) groups excluding carboxylic acids is 1. The van der Waals surface area contributed by atoms with E-state index in [1.807, 2.05) is 0 Å². The number of aromatic nitrogens is 3. The van der Waals surface area contributed by atoms with Gasteiger partial charge in [-0.3, -0.25) is 14.7 Å². The molecule has 0 bridgehead atoms. The van der Waals surface area contributed by atoms with Crippen LogP contribution in [-0.4, -0.2) is 70.6 Å². The van der Waals surface area contributed by atoms with Gasteiger partial charge in [-0.1, -0.05) is 30.3 Å². The zero-order chi connectivity index (χ0) is 28.8. The van der Waals surface area contributed by atoms with Gasteiger partial charge in [-0.05, 0) is 62.6 Å². The first-order chi connectivity index (χ1) is 20.4. The summed E-state index contributed by atoms with van der Waals surface area (Å²) in [5.41, 5.74) is 0.495. The SMILES string of the molecule is CC(=O)NCC1CCN(c2nc(OCC34CCCN3CCC4)nc3c(F)c(-c4cccc5cccc(F)c45)ncc23)C1. The number of nitrogens with one attached hydrogen (secondary N) is 1.